The van der Waals surface area contributed by atoms with Gasteiger partial charge in [0.2, 0.25) is 0 Å². The van der Waals surface area contributed by atoms with E-state index >= 15 is 4.39 Å². The molecule has 1 fully saturated rings. The van der Waals surface area contributed by atoms with E-state index in [9.17, 15) is 0 Å². The van der Waals surface area contributed by atoms with Crippen LogP contribution in [0.5, 0.6) is 5.75 Å². The molecule has 1 aromatic heterocycles. The number of piperazine rings is 1. The molecule has 1 aliphatic heterocycles. The standard InChI is InChI=1S/C23H23ClFN3O/c1-29-20-7-6-18(23(25)22(20)17-3-2-4-19(24)14-17)13-16-5-8-21(27-15-16)28-11-9-26-10-12-28/h2-8,14-15,26H,9-13H2,1H3. The SMILES string of the molecule is COc1ccc(Cc2ccc(N3CCNCC3)nc2)c(F)c1-c1cccc(Cl)c1. The fourth-order valence-electron chi connectivity index (χ4n) is 3.64. The van der Waals surface area contributed by atoms with E-state index < -0.39 is 0 Å². The second kappa shape index (κ2) is 8.80. The van der Waals surface area contributed by atoms with E-state index in [2.05, 4.69) is 15.2 Å². The highest BCUT2D eigenvalue weighted by Gasteiger charge is 2.17. The van der Waals surface area contributed by atoms with Crippen LogP contribution >= 0.6 is 11.6 Å². The van der Waals surface area contributed by atoms with E-state index in [1.54, 1.807) is 31.4 Å². The van der Waals surface area contributed by atoms with Gasteiger partial charge in [-0.15, -0.1) is 0 Å². The number of nitrogens with one attached hydrogen (secondary N) is 1. The third-order valence-electron chi connectivity index (χ3n) is 5.16. The van der Waals surface area contributed by atoms with Crippen molar-refractivity contribution in [2.45, 2.75) is 6.42 Å². The topological polar surface area (TPSA) is 37.4 Å². The molecular weight excluding hydrogens is 389 g/mol. The minimum Gasteiger partial charge on any atom is -0.496 e. The van der Waals surface area contributed by atoms with Gasteiger partial charge in [0, 0.05) is 43.8 Å². The molecule has 1 saturated heterocycles. The summed E-state index contributed by atoms with van der Waals surface area (Å²) in [5.74, 6) is 1.16. The highest BCUT2D eigenvalue weighted by molar-refractivity contribution is 6.30. The molecule has 4 rings (SSSR count). The number of pyridine rings is 1. The average Bonchev–Trinajstić information content (AvgIpc) is 2.76. The van der Waals surface area contributed by atoms with Gasteiger partial charge in [-0.2, -0.15) is 0 Å². The van der Waals surface area contributed by atoms with E-state index in [0.29, 0.717) is 33.9 Å². The fourth-order valence-corrected chi connectivity index (χ4v) is 3.83. The van der Waals surface area contributed by atoms with Gasteiger partial charge in [0.15, 0.2) is 0 Å². The molecule has 0 amide bonds. The van der Waals surface area contributed by atoms with Gasteiger partial charge in [0.05, 0.1) is 12.7 Å². The highest BCUT2D eigenvalue weighted by Crippen LogP contribution is 2.36. The van der Waals surface area contributed by atoms with Crippen molar-refractivity contribution >= 4 is 17.4 Å². The number of hydrogen-bond acceptors (Lipinski definition) is 4. The molecule has 0 spiro atoms. The molecule has 1 aliphatic rings. The summed E-state index contributed by atoms with van der Waals surface area (Å²) in [5.41, 5.74) is 2.68. The third-order valence-corrected chi connectivity index (χ3v) is 5.40. The van der Waals surface area contributed by atoms with Crippen LogP contribution in [0.2, 0.25) is 5.02 Å². The molecule has 0 aliphatic carbocycles. The fraction of sp³-hybridized carbons (Fsp3) is 0.261. The Kier molecular flexibility index (Phi) is 5.97. The zero-order valence-corrected chi connectivity index (χ0v) is 17.0. The van der Waals surface area contributed by atoms with Crippen LogP contribution in [-0.4, -0.2) is 38.3 Å². The van der Waals surface area contributed by atoms with Crippen molar-refractivity contribution < 1.29 is 9.13 Å². The maximum Gasteiger partial charge on any atom is 0.138 e. The first kappa shape index (κ1) is 19.7. The van der Waals surface area contributed by atoms with Crippen LogP contribution in [-0.2, 0) is 6.42 Å². The summed E-state index contributed by atoms with van der Waals surface area (Å²) in [5, 5.41) is 3.89. The van der Waals surface area contributed by atoms with E-state index in [-0.39, 0.29) is 5.82 Å². The minimum atomic E-state index is -0.294. The van der Waals surface area contributed by atoms with Gasteiger partial charge in [-0.1, -0.05) is 35.9 Å². The number of benzene rings is 2. The van der Waals surface area contributed by atoms with Crippen LogP contribution in [0.1, 0.15) is 11.1 Å². The van der Waals surface area contributed by atoms with Crippen LogP contribution in [0, 0.1) is 5.82 Å². The Morgan fingerprint density at radius 1 is 1.14 bits per heavy atom. The van der Waals surface area contributed by atoms with Gasteiger partial charge >= 0.3 is 0 Å². The second-order valence-electron chi connectivity index (χ2n) is 7.06. The average molecular weight is 412 g/mol. The Morgan fingerprint density at radius 3 is 2.66 bits per heavy atom. The van der Waals surface area contributed by atoms with E-state index in [0.717, 1.165) is 37.6 Å². The number of methoxy groups -OCH3 is 1. The number of rotatable bonds is 5. The van der Waals surface area contributed by atoms with Gasteiger partial charge in [-0.25, -0.2) is 9.37 Å². The van der Waals surface area contributed by atoms with Crippen LogP contribution < -0.4 is 15.0 Å². The molecule has 0 bridgehead atoms. The molecule has 0 saturated carbocycles. The lowest BCUT2D eigenvalue weighted by atomic mass is 9.97. The number of hydrogen-bond donors (Lipinski definition) is 1. The van der Waals surface area contributed by atoms with Crippen LogP contribution in [0.25, 0.3) is 11.1 Å². The zero-order chi connectivity index (χ0) is 20.2. The van der Waals surface area contributed by atoms with Gasteiger partial charge in [-0.3, -0.25) is 0 Å². The quantitative estimate of drug-likeness (QED) is 0.668. The second-order valence-corrected chi connectivity index (χ2v) is 7.50. The largest absolute Gasteiger partial charge is 0.496 e. The molecule has 3 aromatic rings. The first-order chi connectivity index (χ1) is 14.2. The first-order valence-corrected chi connectivity index (χ1v) is 10.1. The summed E-state index contributed by atoms with van der Waals surface area (Å²) < 4.78 is 20.8. The maximum absolute atomic E-state index is 15.4. The lowest BCUT2D eigenvalue weighted by molar-refractivity contribution is 0.413. The Hall–Kier alpha value is -2.63. The molecule has 29 heavy (non-hydrogen) atoms. The highest BCUT2D eigenvalue weighted by atomic mass is 35.5. The number of aromatic nitrogens is 1. The monoisotopic (exact) mass is 411 g/mol. The van der Waals surface area contributed by atoms with Gasteiger partial charge in [0.25, 0.3) is 0 Å². The Labute approximate surface area is 175 Å². The van der Waals surface area contributed by atoms with Gasteiger partial charge in [0.1, 0.15) is 17.4 Å². The molecule has 1 N–H and O–H groups in total. The molecule has 6 heteroatoms. The molecule has 4 nitrogen and oxygen atoms in total. The van der Waals surface area contributed by atoms with Crippen molar-refractivity contribution in [3.8, 4) is 16.9 Å². The van der Waals surface area contributed by atoms with Crippen molar-refractivity contribution in [1.29, 1.82) is 0 Å². The normalized spacial score (nSPS) is 14.1. The molecule has 2 aromatic carbocycles. The summed E-state index contributed by atoms with van der Waals surface area (Å²) in [7, 11) is 1.54. The molecular formula is C23H23ClFN3O. The molecule has 0 radical (unpaired) electrons. The van der Waals surface area contributed by atoms with Crippen molar-refractivity contribution in [3.05, 3.63) is 76.7 Å². The molecule has 2 heterocycles. The summed E-state index contributed by atoms with van der Waals surface area (Å²) >= 11 is 6.11. The van der Waals surface area contributed by atoms with Crippen LogP contribution in [0.4, 0.5) is 10.2 Å². The number of anilines is 1. The van der Waals surface area contributed by atoms with Crippen LogP contribution in [0.15, 0.2) is 54.7 Å². The smallest absolute Gasteiger partial charge is 0.138 e. The summed E-state index contributed by atoms with van der Waals surface area (Å²) in [6.07, 6.45) is 2.29. The lowest BCUT2D eigenvalue weighted by Gasteiger charge is -2.28. The Balaban J connectivity index is 1.61. The Morgan fingerprint density at radius 2 is 1.97 bits per heavy atom. The Bertz CT molecular complexity index is 988. The summed E-state index contributed by atoms with van der Waals surface area (Å²) in [4.78, 5) is 6.84. The predicted octanol–water partition coefficient (Wildman–Crippen LogP) is 4.55. The van der Waals surface area contributed by atoms with Crippen molar-refractivity contribution in [1.82, 2.24) is 10.3 Å². The predicted molar refractivity (Wildman–Crippen MR) is 116 cm³/mol. The van der Waals surface area contributed by atoms with Crippen molar-refractivity contribution in [2.24, 2.45) is 0 Å². The van der Waals surface area contributed by atoms with Gasteiger partial charge in [-0.05, 0) is 41.0 Å². The summed E-state index contributed by atoms with van der Waals surface area (Å²) in [6, 6.07) is 14.8. The molecule has 150 valence electrons. The molecule has 0 atom stereocenters. The number of halogens is 2. The van der Waals surface area contributed by atoms with Gasteiger partial charge < -0.3 is 15.0 Å². The number of nitrogens with zero attached hydrogens (tertiary/aromatic N) is 2. The van der Waals surface area contributed by atoms with Crippen LogP contribution in [0.3, 0.4) is 0 Å². The minimum absolute atomic E-state index is 0.294. The number of ether oxygens (including phenoxy) is 1. The summed E-state index contributed by atoms with van der Waals surface area (Å²) in [6.45, 7) is 3.82. The third kappa shape index (κ3) is 4.36. The first-order valence-electron chi connectivity index (χ1n) is 9.67. The maximum atomic E-state index is 15.4. The zero-order valence-electron chi connectivity index (χ0n) is 16.3. The van der Waals surface area contributed by atoms with Crippen molar-refractivity contribution in [2.75, 3.05) is 38.2 Å². The van der Waals surface area contributed by atoms with E-state index in [1.807, 2.05) is 30.5 Å². The lowest BCUT2D eigenvalue weighted by Crippen LogP contribution is -2.43. The molecule has 0 unspecified atom stereocenters. The van der Waals surface area contributed by atoms with Crippen molar-refractivity contribution in [3.63, 3.8) is 0 Å². The van der Waals surface area contributed by atoms with E-state index in [1.165, 1.54) is 0 Å². The van der Waals surface area contributed by atoms with E-state index in [4.69, 9.17) is 16.3 Å².